The van der Waals surface area contributed by atoms with Crippen LogP contribution in [0.4, 0.5) is 4.79 Å². The average Bonchev–Trinajstić information content (AvgIpc) is 3.67. The molecule has 2 aliphatic rings. The lowest BCUT2D eigenvalue weighted by atomic mass is 9.98. The maximum absolute atomic E-state index is 12.8. The summed E-state index contributed by atoms with van der Waals surface area (Å²) in [7, 11) is 4.13. The maximum atomic E-state index is 12.8. The summed E-state index contributed by atoms with van der Waals surface area (Å²) in [4.78, 5) is 21.5. The molecule has 0 spiro atoms. The molecule has 5 rings (SSSR count). The van der Waals surface area contributed by atoms with Gasteiger partial charge in [-0.15, -0.1) is 0 Å². The van der Waals surface area contributed by atoms with Gasteiger partial charge in [0.15, 0.2) is 0 Å². The molecule has 1 aromatic heterocycles. The molecule has 198 valence electrons. The lowest BCUT2D eigenvalue weighted by molar-refractivity contribution is 0.202. The quantitative estimate of drug-likeness (QED) is 0.497. The number of likely N-dealkylation sites (N-methyl/N-ethyl adjacent to an activating group) is 1. The number of hydrogen-bond donors (Lipinski definition) is 1. The van der Waals surface area contributed by atoms with Crippen LogP contribution >= 0.6 is 0 Å². The van der Waals surface area contributed by atoms with E-state index in [9.17, 15) is 10.1 Å². The summed E-state index contributed by atoms with van der Waals surface area (Å²) in [5.41, 5.74) is 4.46. The van der Waals surface area contributed by atoms with E-state index in [-0.39, 0.29) is 18.1 Å². The highest BCUT2D eigenvalue weighted by Crippen LogP contribution is 2.38. The standard InChI is InChI=1S/C29H34N6O3/c1-18(2)37-26-11-9-19(14-21(26)15-30)28-32-27(33-38-28)25-7-5-6-23-20(8-10-24(23)25)16-31-29(36)35-13-12-22(17-35)34(3)4/h5-7,9,11,14,18,20,22H,8,10,12-13,16-17H2,1-4H3,(H,31,36). The van der Waals surface area contributed by atoms with Crippen LogP contribution in [0.2, 0.25) is 0 Å². The van der Waals surface area contributed by atoms with Gasteiger partial charge in [-0.25, -0.2) is 4.79 Å². The van der Waals surface area contributed by atoms with E-state index in [4.69, 9.17) is 9.26 Å². The Morgan fingerprint density at radius 1 is 1.29 bits per heavy atom. The maximum Gasteiger partial charge on any atom is 0.317 e. The molecule has 1 saturated heterocycles. The number of fused-ring (bicyclic) bond motifs is 1. The molecule has 2 heterocycles. The SMILES string of the molecule is CC(C)Oc1ccc(-c2nc(-c3cccc4c3CCC4CNC(=O)N3CCC(N(C)C)C3)no2)cc1C#N. The second-order valence-electron chi connectivity index (χ2n) is 10.6. The summed E-state index contributed by atoms with van der Waals surface area (Å²) in [6.45, 7) is 6.02. The lowest BCUT2D eigenvalue weighted by Gasteiger charge is -2.22. The first kappa shape index (κ1) is 25.7. The molecule has 3 aromatic rings. The van der Waals surface area contributed by atoms with Crippen LogP contribution < -0.4 is 10.1 Å². The van der Waals surface area contributed by atoms with E-state index in [2.05, 4.69) is 46.6 Å². The van der Waals surface area contributed by atoms with E-state index in [1.165, 1.54) is 11.1 Å². The zero-order chi connectivity index (χ0) is 26.8. The molecule has 0 radical (unpaired) electrons. The highest BCUT2D eigenvalue weighted by Gasteiger charge is 2.30. The Labute approximate surface area is 223 Å². The van der Waals surface area contributed by atoms with Crippen molar-refractivity contribution in [1.29, 1.82) is 5.26 Å². The normalized spacial score (nSPS) is 18.6. The lowest BCUT2D eigenvalue weighted by Crippen LogP contribution is -2.41. The van der Waals surface area contributed by atoms with Crippen molar-refractivity contribution in [3.63, 3.8) is 0 Å². The molecule has 1 aliphatic carbocycles. The average molecular weight is 515 g/mol. The molecule has 9 heteroatoms. The van der Waals surface area contributed by atoms with Gasteiger partial charge >= 0.3 is 6.03 Å². The summed E-state index contributed by atoms with van der Waals surface area (Å²) in [5.74, 6) is 1.66. The number of benzene rings is 2. The van der Waals surface area contributed by atoms with Crippen molar-refractivity contribution in [2.24, 2.45) is 0 Å². The van der Waals surface area contributed by atoms with Crippen LogP contribution in [0.25, 0.3) is 22.8 Å². The zero-order valence-corrected chi connectivity index (χ0v) is 22.4. The number of carbonyl (C=O) groups excluding carboxylic acids is 1. The number of ether oxygens (including phenoxy) is 1. The van der Waals surface area contributed by atoms with Gasteiger partial charge in [0.25, 0.3) is 5.89 Å². The third-order valence-electron chi connectivity index (χ3n) is 7.45. The fourth-order valence-electron chi connectivity index (χ4n) is 5.39. The van der Waals surface area contributed by atoms with Gasteiger partial charge < -0.3 is 24.4 Å². The molecule has 2 aromatic carbocycles. The van der Waals surface area contributed by atoms with Gasteiger partial charge in [0.2, 0.25) is 5.82 Å². The smallest absolute Gasteiger partial charge is 0.317 e. The number of urea groups is 1. The van der Waals surface area contributed by atoms with E-state index in [0.717, 1.165) is 37.9 Å². The third-order valence-corrected chi connectivity index (χ3v) is 7.45. The summed E-state index contributed by atoms with van der Waals surface area (Å²) >= 11 is 0. The predicted molar refractivity (Wildman–Crippen MR) is 144 cm³/mol. The van der Waals surface area contributed by atoms with Gasteiger partial charge in [0.05, 0.1) is 11.7 Å². The number of nitrogens with one attached hydrogen (secondary N) is 1. The number of nitriles is 1. The number of rotatable bonds is 7. The first-order chi connectivity index (χ1) is 18.3. The van der Waals surface area contributed by atoms with Gasteiger partial charge in [0, 0.05) is 42.7 Å². The minimum atomic E-state index is -0.0315. The van der Waals surface area contributed by atoms with Crippen LogP contribution in [-0.4, -0.2) is 71.8 Å². The number of hydrogen-bond acceptors (Lipinski definition) is 7. The van der Waals surface area contributed by atoms with E-state index >= 15 is 0 Å². The predicted octanol–water partition coefficient (Wildman–Crippen LogP) is 4.44. The van der Waals surface area contributed by atoms with Crippen LogP contribution in [-0.2, 0) is 6.42 Å². The molecule has 38 heavy (non-hydrogen) atoms. The van der Waals surface area contributed by atoms with Crippen molar-refractivity contribution in [3.05, 3.63) is 53.1 Å². The van der Waals surface area contributed by atoms with Crippen molar-refractivity contribution in [1.82, 2.24) is 25.3 Å². The largest absolute Gasteiger partial charge is 0.490 e. The topological polar surface area (TPSA) is 108 Å². The fourth-order valence-corrected chi connectivity index (χ4v) is 5.39. The monoisotopic (exact) mass is 514 g/mol. The Hall–Kier alpha value is -3.90. The van der Waals surface area contributed by atoms with Gasteiger partial charge in [-0.3, -0.25) is 0 Å². The molecule has 1 aliphatic heterocycles. The van der Waals surface area contributed by atoms with Crippen LogP contribution in [0.5, 0.6) is 5.75 Å². The zero-order valence-electron chi connectivity index (χ0n) is 22.4. The van der Waals surface area contributed by atoms with Gasteiger partial charge in [-0.1, -0.05) is 23.4 Å². The molecule has 2 amide bonds. The first-order valence-electron chi connectivity index (χ1n) is 13.2. The van der Waals surface area contributed by atoms with E-state index < -0.39 is 0 Å². The molecule has 2 atom stereocenters. The molecular weight excluding hydrogens is 480 g/mol. The summed E-state index contributed by atoms with van der Waals surface area (Å²) in [6, 6.07) is 14.1. The number of likely N-dealkylation sites (tertiary alicyclic amines) is 1. The van der Waals surface area contributed by atoms with Crippen molar-refractivity contribution in [3.8, 4) is 34.7 Å². The Morgan fingerprint density at radius 2 is 2.13 bits per heavy atom. The Kier molecular flexibility index (Phi) is 7.34. The van der Waals surface area contributed by atoms with Gasteiger partial charge in [-0.2, -0.15) is 10.2 Å². The molecule has 9 nitrogen and oxygen atoms in total. The Morgan fingerprint density at radius 3 is 2.87 bits per heavy atom. The van der Waals surface area contributed by atoms with Crippen molar-refractivity contribution < 1.29 is 14.1 Å². The second-order valence-corrected chi connectivity index (χ2v) is 10.6. The second kappa shape index (κ2) is 10.8. The van der Waals surface area contributed by atoms with Gasteiger partial charge in [-0.05, 0) is 76.5 Å². The number of nitrogens with zero attached hydrogens (tertiary/aromatic N) is 5. The Balaban J connectivity index is 1.29. The summed E-state index contributed by atoms with van der Waals surface area (Å²) in [6.07, 6.45) is 2.83. The van der Waals surface area contributed by atoms with Crippen molar-refractivity contribution in [2.45, 2.75) is 51.2 Å². The van der Waals surface area contributed by atoms with Crippen LogP contribution in [0, 0.1) is 11.3 Å². The molecular formula is C29H34N6O3. The van der Waals surface area contributed by atoms with E-state index in [1.807, 2.05) is 36.9 Å². The highest BCUT2D eigenvalue weighted by atomic mass is 16.5. The Bertz CT molecular complexity index is 1360. The molecule has 0 bridgehead atoms. The van der Waals surface area contributed by atoms with Crippen LogP contribution in [0.1, 0.15) is 49.3 Å². The van der Waals surface area contributed by atoms with Crippen LogP contribution in [0.3, 0.4) is 0 Å². The summed E-state index contributed by atoms with van der Waals surface area (Å²) < 4.78 is 11.3. The number of amides is 2. The number of aromatic nitrogens is 2. The molecule has 1 N–H and O–H groups in total. The van der Waals surface area contributed by atoms with Gasteiger partial charge in [0.1, 0.15) is 11.8 Å². The summed E-state index contributed by atoms with van der Waals surface area (Å²) in [5, 5.41) is 17.0. The minimum Gasteiger partial charge on any atom is -0.490 e. The first-order valence-corrected chi connectivity index (χ1v) is 13.2. The third kappa shape index (κ3) is 5.22. The van der Waals surface area contributed by atoms with E-state index in [1.54, 1.807) is 12.1 Å². The number of carbonyl (C=O) groups is 1. The van der Waals surface area contributed by atoms with Crippen molar-refractivity contribution >= 4 is 6.03 Å². The molecule has 1 fully saturated rings. The highest BCUT2D eigenvalue weighted by molar-refractivity contribution is 5.75. The van der Waals surface area contributed by atoms with Crippen LogP contribution in [0.15, 0.2) is 40.9 Å². The minimum absolute atomic E-state index is 0.0170. The molecule has 0 saturated carbocycles. The fraction of sp³-hybridized carbons (Fsp3) is 0.448. The molecule has 2 unspecified atom stereocenters. The van der Waals surface area contributed by atoms with Crippen molar-refractivity contribution in [2.75, 3.05) is 33.7 Å². The van der Waals surface area contributed by atoms with E-state index in [0.29, 0.717) is 41.2 Å².